The highest BCUT2D eigenvalue weighted by molar-refractivity contribution is 6.30. The van der Waals surface area contributed by atoms with Crippen LogP contribution in [0.2, 0.25) is 5.02 Å². The fourth-order valence-electron chi connectivity index (χ4n) is 1.57. The van der Waals surface area contributed by atoms with Crippen LogP contribution in [0.15, 0.2) is 30.5 Å². The Morgan fingerprint density at radius 1 is 1.27 bits per heavy atom. The first kappa shape index (κ1) is 10.2. The third-order valence-electron chi connectivity index (χ3n) is 2.43. The van der Waals surface area contributed by atoms with E-state index in [1.165, 1.54) is 5.56 Å². The summed E-state index contributed by atoms with van der Waals surface area (Å²) in [4.78, 5) is 0. The molecule has 2 aromatic rings. The minimum absolute atomic E-state index is 0.748. The maximum absolute atomic E-state index is 5.83. The van der Waals surface area contributed by atoms with Gasteiger partial charge in [-0.1, -0.05) is 18.5 Å². The van der Waals surface area contributed by atoms with Crippen molar-refractivity contribution in [2.45, 2.75) is 20.3 Å². The molecule has 0 aliphatic carbocycles. The lowest BCUT2D eigenvalue weighted by atomic mass is 10.2. The molecule has 0 bridgehead atoms. The van der Waals surface area contributed by atoms with Crippen molar-refractivity contribution in [1.29, 1.82) is 0 Å². The van der Waals surface area contributed by atoms with Gasteiger partial charge >= 0.3 is 0 Å². The van der Waals surface area contributed by atoms with E-state index >= 15 is 0 Å². The second-order valence-corrected chi connectivity index (χ2v) is 3.97. The van der Waals surface area contributed by atoms with E-state index in [2.05, 4.69) is 18.9 Å². The Balaban J connectivity index is 2.41. The van der Waals surface area contributed by atoms with Crippen LogP contribution in [0.4, 0.5) is 0 Å². The first-order valence-corrected chi connectivity index (χ1v) is 5.39. The Morgan fingerprint density at radius 2 is 1.93 bits per heavy atom. The summed E-state index contributed by atoms with van der Waals surface area (Å²) >= 11 is 5.83. The van der Waals surface area contributed by atoms with E-state index in [1.807, 2.05) is 35.1 Å². The van der Waals surface area contributed by atoms with Crippen molar-refractivity contribution in [3.8, 4) is 5.69 Å². The summed E-state index contributed by atoms with van der Waals surface area (Å²) in [5.74, 6) is 0. The van der Waals surface area contributed by atoms with Crippen molar-refractivity contribution >= 4 is 11.6 Å². The molecule has 0 aliphatic heterocycles. The van der Waals surface area contributed by atoms with Crippen LogP contribution in [0.3, 0.4) is 0 Å². The first-order chi connectivity index (χ1) is 7.20. The van der Waals surface area contributed by atoms with Gasteiger partial charge in [0.05, 0.1) is 11.4 Å². The largest absolute Gasteiger partial charge is 0.240 e. The van der Waals surface area contributed by atoms with Crippen LogP contribution < -0.4 is 0 Å². The van der Waals surface area contributed by atoms with Gasteiger partial charge in [0.2, 0.25) is 0 Å². The van der Waals surface area contributed by atoms with E-state index in [1.54, 1.807) is 0 Å². The third-order valence-corrected chi connectivity index (χ3v) is 2.68. The molecular weight excluding hydrogens is 208 g/mol. The highest BCUT2D eigenvalue weighted by atomic mass is 35.5. The maximum atomic E-state index is 5.83. The Kier molecular flexibility index (Phi) is 2.78. The van der Waals surface area contributed by atoms with E-state index in [0.29, 0.717) is 0 Å². The lowest BCUT2D eigenvalue weighted by Crippen LogP contribution is -1.95. The lowest BCUT2D eigenvalue weighted by Gasteiger charge is -2.00. The molecular formula is C12H13ClN2. The molecule has 1 heterocycles. The first-order valence-electron chi connectivity index (χ1n) is 5.02. The molecule has 0 spiro atoms. The summed E-state index contributed by atoms with van der Waals surface area (Å²) in [5, 5.41) is 5.25. The SMILES string of the molecule is CCc1nn(-c2ccc(Cl)cc2)cc1C. The van der Waals surface area contributed by atoms with Crippen molar-refractivity contribution in [2.24, 2.45) is 0 Å². The van der Waals surface area contributed by atoms with Crippen LogP contribution in [0.5, 0.6) is 0 Å². The van der Waals surface area contributed by atoms with Crippen molar-refractivity contribution in [1.82, 2.24) is 9.78 Å². The van der Waals surface area contributed by atoms with E-state index in [4.69, 9.17) is 11.6 Å². The van der Waals surface area contributed by atoms with Gasteiger partial charge in [0.25, 0.3) is 0 Å². The van der Waals surface area contributed by atoms with Crippen molar-refractivity contribution in [3.05, 3.63) is 46.7 Å². The van der Waals surface area contributed by atoms with Crippen molar-refractivity contribution < 1.29 is 0 Å². The minimum Gasteiger partial charge on any atom is -0.240 e. The molecule has 1 aromatic carbocycles. The fourth-order valence-corrected chi connectivity index (χ4v) is 1.70. The second kappa shape index (κ2) is 4.07. The van der Waals surface area contributed by atoms with Crippen LogP contribution in [-0.2, 0) is 6.42 Å². The number of aromatic nitrogens is 2. The zero-order chi connectivity index (χ0) is 10.8. The van der Waals surface area contributed by atoms with Gasteiger partial charge in [-0.3, -0.25) is 0 Å². The standard InChI is InChI=1S/C12H13ClN2/c1-3-12-9(2)8-15(14-12)11-6-4-10(13)5-7-11/h4-8H,3H2,1-2H3. The van der Waals surface area contributed by atoms with Crippen LogP contribution in [0, 0.1) is 6.92 Å². The summed E-state index contributed by atoms with van der Waals surface area (Å²) < 4.78 is 1.89. The lowest BCUT2D eigenvalue weighted by molar-refractivity contribution is 0.841. The second-order valence-electron chi connectivity index (χ2n) is 3.53. The summed E-state index contributed by atoms with van der Waals surface area (Å²) in [5.41, 5.74) is 3.42. The average Bonchev–Trinajstić information content (AvgIpc) is 2.61. The van der Waals surface area contributed by atoms with Gasteiger partial charge < -0.3 is 0 Å². The fraction of sp³-hybridized carbons (Fsp3) is 0.250. The van der Waals surface area contributed by atoms with Gasteiger partial charge in [0, 0.05) is 11.2 Å². The number of aryl methyl sites for hydroxylation is 2. The van der Waals surface area contributed by atoms with Gasteiger partial charge in [-0.05, 0) is 43.2 Å². The smallest absolute Gasteiger partial charge is 0.0655 e. The molecule has 0 amide bonds. The molecule has 78 valence electrons. The van der Waals surface area contributed by atoms with Crippen LogP contribution >= 0.6 is 11.6 Å². The molecule has 2 rings (SSSR count). The van der Waals surface area contributed by atoms with Gasteiger partial charge in [0.15, 0.2) is 0 Å². The van der Waals surface area contributed by atoms with Gasteiger partial charge in [-0.15, -0.1) is 0 Å². The quantitative estimate of drug-likeness (QED) is 0.759. The predicted octanol–water partition coefficient (Wildman–Crippen LogP) is 3.40. The van der Waals surface area contributed by atoms with E-state index in [-0.39, 0.29) is 0 Å². The van der Waals surface area contributed by atoms with Gasteiger partial charge in [-0.2, -0.15) is 5.10 Å². The average molecular weight is 221 g/mol. The molecule has 0 radical (unpaired) electrons. The summed E-state index contributed by atoms with van der Waals surface area (Å²) in [7, 11) is 0. The molecule has 0 saturated carbocycles. The molecule has 0 saturated heterocycles. The van der Waals surface area contributed by atoms with E-state index in [0.717, 1.165) is 22.8 Å². The third kappa shape index (κ3) is 2.05. The summed E-state index contributed by atoms with van der Waals surface area (Å²) in [6.45, 7) is 4.19. The Bertz CT molecular complexity index is 457. The van der Waals surface area contributed by atoms with E-state index < -0.39 is 0 Å². The monoisotopic (exact) mass is 220 g/mol. The molecule has 0 atom stereocenters. The number of halogens is 1. The van der Waals surface area contributed by atoms with Crippen LogP contribution in [0.1, 0.15) is 18.2 Å². The van der Waals surface area contributed by atoms with Crippen LogP contribution in [0.25, 0.3) is 5.69 Å². The van der Waals surface area contributed by atoms with E-state index in [9.17, 15) is 0 Å². The summed E-state index contributed by atoms with van der Waals surface area (Å²) in [6, 6.07) is 7.68. The molecule has 1 aromatic heterocycles. The zero-order valence-electron chi connectivity index (χ0n) is 8.87. The van der Waals surface area contributed by atoms with Gasteiger partial charge in [0.1, 0.15) is 0 Å². The minimum atomic E-state index is 0.748. The molecule has 0 aliphatic rings. The zero-order valence-corrected chi connectivity index (χ0v) is 9.62. The van der Waals surface area contributed by atoms with Crippen molar-refractivity contribution in [2.75, 3.05) is 0 Å². The number of hydrogen-bond donors (Lipinski definition) is 0. The molecule has 0 unspecified atom stereocenters. The predicted molar refractivity (Wildman–Crippen MR) is 62.7 cm³/mol. The van der Waals surface area contributed by atoms with Gasteiger partial charge in [-0.25, -0.2) is 4.68 Å². The normalized spacial score (nSPS) is 10.6. The number of nitrogens with zero attached hydrogens (tertiary/aromatic N) is 2. The Labute approximate surface area is 94.5 Å². The molecule has 0 fully saturated rings. The number of rotatable bonds is 2. The Morgan fingerprint density at radius 3 is 2.47 bits per heavy atom. The molecule has 3 heteroatoms. The highest BCUT2D eigenvalue weighted by Gasteiger charge is 2.03. The molecule has 0 N–H and O–H groups in total. The summed E-state index contributed by atoms with van der Waals surface area (Å²) in [6.07, 6.45) is 3.01. The topological polar surface area (TPSA) is 17.8 Å². The molecule has 2 nitrogen and oxygen atoms in total. The molecule has 15 heavy (non-hydrogen) atoms. The number of hydrogen-bond acceptors (Lipinski definition) is 1. The maximum Gasteiger partial charge on any atom is 0.0655 e. The number of benzene rings is 1. The Hall–Kier alpha value is -1.28. The van der Waals surface area contributed by atoms with Crippen LogP contribution in [-0.4, -0.2) is 9.78 Å². The highest BCUT2D eigenvalue weighted by Crippen LogP contribution is 2.15. The van der Waals surface area contributed by atoms with Crippen molar-refractivity contribution in [3.63, 3.8) is 0 Å².